The summed E-state index contributed by atoms with van der Waals surface area (Å²) in [4.78, 5) is 16.1. The number of pyridine rings is 1. The third-order valence-corrected chi connectivity index (χ3v) is 4.66. The van der Waals surface area contributed by atoms with Gasteiger partial charge in [-0.05, 0) is 42.7 Å². The van der Waals surface area contributed by atoms with Crippen LogP contribution in [0.15, 0.2) is 24.4 Å². The molecule has 0 saturated heterocycles. The fourth-order valence-corrected chi connectivity index (χ4v) is 3.51. The van der Waals surface area contributed by atoms with Crippen LogP contribution in [0.3, 0.4) is 0 Å². The molecule has 0 radical (unpaired) electrons. The number of halogens is 5. The van der Waals surface area contributed by atoms with Gasteiger partial charge in [-0.15, -0.1) is 5.10 Å². The highest BCUT2D eigenvalue weighted by molar-refractivity contribution is 6.32. The molecule has 0 fully saturated rings. The van der Waals surface area contributed by atoms with Crippen molar-refractivity contribution < 1.29 is 18.0 Å². The summed E-state index contributed by atoms with van der Waals surface area (Å²) in [5.41, 5.74) is 0.626. The van der Waals surface area contributed by atoms with E-state index in [1.165, 1.54) is 13.2 Å². The Bertz CT molecular complexity index is 1080. The lowest BCUT2D eigenvalue weighted by atomic mass is 10.0. The van der Waals surface area contributed by atoms with Crippen LogP contribution >= 0.6 is 23.2 Å². The summed E-state index contributed by atoms with van der Waals surface area (Å²) in [6.07, 6.45) is -2.72. The third kappa shape index (κ3) is 5.34. The van der Waals surface area contributed by atoms with Crippen LogP contribution in [0.2, 0.25) is 10.3 Å². The molecule has 0 atom stereocenters. The van der Waals surface area contributed by atoms with Gasteiger partial charge in [0, 0.05) is 26.1 Å². The molecule has 6 nitrogen and oxygen atoms in total. The van der Waals surface area contributed by atoms with Gasteiger partial charge in [0.2, 0.25) is 0 Å². The topological polar surface area (TPSA) is 73.6 Å². The van der Waals surface area contributed by atoms with Gasteiger partial charge >= 0.3 is 6.18 Å². The smallest absolute Gasteiger partial charge is 0.299 e. The number of rotatable bonds is 6. The van der Waals surface area contributed by atoms with E-state index in [4.69, 9.17) is 23.2 Å². The van der Waals surface area contributed by atoms with Gasteiger partial charge in [0.1, 0.15) is 16.1 Å². The van der Waals surface area contributed by atoms with Gasteiger partial charge in [0.15, 0.2) is 5.69 Å². The number of carbonyl (C=O) groups is 1. The van der Waals surface area contributed by atoms with Crippen molar-refractivity contribution in [2.75, 3.05) is 0 Å². The Morgan fingerprint density at radius 2 is 1.80 bits per heavy atom. The maximum Gasteiger partial charge on any atom is 0.435 e. The number of aromatic nitrogens is 5. The molecule has 0 amide bonds. The minimum absolute atomic E-state index is 0.0662. The van der Waals surface area contributed by atoms with Gasteiger partial charge in [-0.25, -0.2) is 4.98 Å². The SMILES string of the molecule is Cc1cc(CCC(=O)Cc2cc(Cl)nc(Cl)c2)nnc1-c1cn(C)nc1C(F)(F)F. The van der Waals surface area contributed by atoms with Crippen LogP contribution in [0.5, 0.6) is 0 Å². The molecule has 3 rings (SSSR count). The van der Waals surface area contributed by atoms with E-state index >= 15 is 0 Å². The van der Waals surface area contributed by atoms with Crippen molar-refractivity contribution in [1.82, 2.24) is 25.0 Å². The van der Waals surface area contributed by atoms with Crippen molar-refractivity contribution >= 4 is 29.0 Å². The molecular weight excluding hydrogens is 442 g/mol. The van der Waals surface area contributed by atoms with E-state index in [9.17, 15) is 18.0 Å². The second-order valence-electron chi connectivity index (χ2n) is 6.77. The first-order valence-corrected chi connectivity index (χ1v) is 9.56. The highest BCUT2D eigenvalue weighted by atomic mass is 35.5. The van der Waals surface area contributed by atoms with Crippen LogP contribution in [-0.4, -0.2) is 30.7 Å². The zero-order valence-corrected chi connectivity index (χ0v) is 17.5. The fraction of sp³-hybridized carbons (Fsp3) is 0.316. The maximum atomic E-state index is 13.2. The first-order valence-electron chi connectivity index (χ1n) is 8.81. The van der Waals surface area contributed by atoms with Crippen molar-refractivity contribution in [2.45, 2.75) is 32.4 Å². The van der Waals surface area contributed by atoms with Crippen LogP contribution in [0.25, 0.3) is 11.3 Å². The molecule has 0 unspecified atom stereocenters. The number of hydrogen-bond acceptors (Lipinski definition) is 5. The number of Topliss-reactive ketones (excluding diaryl/α,β-unsaturated/α-hetero) is 1. The van der Waals surface area contributed by atoms with Crippen LogP contribution in [0.1, 0.15) is 28.9 Å². The molecule has 0 N–H and O–H groups in total. The van der Waals surface area contributed by atoms with E-state index in [0.717, 1.165) is 4.68 Å². The normalized spacial score (nSPS) is 11.7. The van der Waals surface area contributed by atoms with Crippen LogP contribution < -0.4 is 0 Å². The van der Waals surface area contributed by atoms with E-state index in [-0.39, 0.29) is 40.2 Å². The number of nitrogens with zero attached hydrogens (tertiary/aromatic N) is 5. The van der Waals surface area contributed by atoms with Gasteiger partial charge in [-0.1, -0.05) is 23.2 Å². The molecule has 0 spiro atoms. The third-order valence-electron chi connectivity index (χ3n) is 4.27. The predicted molar refractivity (Wildman–Crippen MR) is 105 cm³/mol. The summed E-state index contributed by atoms with van der Waals surface area (Å²) >= 11 is 11.7. The van der Waals surface area contributed by atoms with Gasteiger partial charge in [-0.3, -0.25) is 9.48 Å². The van der Waals surface area contributed by atoms with Gasteiger partial charge in [0.25, 0.3) is 0 Å². The average Bonchev–Trinajstić information content (AvgIpc) is 3.01. The minimum Gasteiger partial charge on any atom is -0.299 e. The van der Waals surface area contributed by atoms with Crippen molar-refractivity contribution in [3.05, 3.63) is 57.2 Å². The zero-order valence-electron chi connectivity index (χ0n) is 16.0. The number of carbonyl (C=O) groups excluding carboxylic acids is 1. The summed E-state index contributed by atoms with van der Waals surface area (Å²) in [5.74, 6) is -0.0662. The maximum absolute atomic E-state index is 13.2. The average molecular weight is 458 g/mol. The Labute approximate surface area is 180 Å². The Morgan fingerprint density at radius 3 is 2.40 bits per heavy atom. The standard InChI is InChI=1S/C19H16Cl2F3N5O/c1-10-5-12(3-4-13(30)6-11-7-15(20)25-16(21)8-11)26-27-17(10)14-9-29(2)28-18(14)19(22,23)24/h5,7-9H,3-4,6H2,1-2H3. The molecule has 11 heteroatoms. The highest BCUT2D eigenvalue weighted by Gasteiger charge is 2.38. The molecule has 0 aliphatic heterocycles. The summed E-state index contributed by atoms with van der Waals surface area (Å²) in [7, 11) is 1.41. The largest absolute Gasteiger partial charge is 0.435 e. The molecule has 0 aliphatic carbocycles. The first kappa shape index (κ1) is 22.2. The fourth-order valence-electron chi connectivity index (χ4n) is 3.00. The molecule has 3 aromatic rings. The molecule has 0 aliphatic rings. The molecule has 0 bridgehead atoms. The highest BCUT2D eigenvalue weighted by Crippen LogP contribution is 2.36. The molecule has 30 heavy (non-hydrogen) atoms. The first-order chi connectivity index (χ1) is 14.0. The molecular formula is C19H16Cl2F3N5O. The van der Waals surface area contributed by atoms with Crippen molar-refractivity contribution in [2.24, 2.45) is 7.05 Å². The van der Waals surface area contributed by atoms with Gasteiger partial charge < -0.3 is 0 Å². The van der Waals surface area contributed by atoms with Crippen LogP contribution in [0.4, 0.5) is 13.2 Å². The summed E-state index contributed by atoms with van der Waals surface area (Å²) in [6, 6.07) is 4.76. The second-order valence-corrected chi connectivity index (χ2v) is 7.54. The Hall–Kier alpha value is -2.52. The van der Waals surface area contributed by atoms with Crippen molar-refractivity contribution in [1.29, 1.82) is 0 Å². The molecule has 3 aromatic heterocycles. The lowest BCUT2D eigenvalue weighted by molar-refractivity contribution is -0.141. The lowest BCUT2D eigenvalue weighted by Gasteiger charge is -2.08. The Balaban J connectivity index is 1.71. The van der Waals surface area contributed by atoms with Crippen molar-refractivity contribution in [3.63, 3.8) is 0 Å². The van der Waals surface area contributed by atoms with E-state index in [2.05, 4.69) is 20.3 Å². The number of aryl methyl sites for hydroxylation is 3. The monoisotopic (exact) mass is 457 g/mol. The van der Waals surface area contributed by atoms with Gasteiger partial charge in [-0.2, -0.15) is 23.4 Å². The summed E-state index contributed by atoms with van der Waals surface area (Å²) < 4.78 is 40.7. The van der Waals surface area contributed by atoms with Crippen LogP contribution in [0, 0.1) is 6.92 Å². The van der Waals surface area contributed by atoms with Gasteiger partial charge in [0.05, 0.1) is 17.0 Å². The quantitative estimate of drug-likeness (QED) is 0.503. The molecule has 3 heterocycles. The number of alkyl halides is 3. The molecule has 0 aromatic carbocycles. The van der Waals surface area contributed by atoms with Crippen LogP contribution in [-0.2, 0) is 30.9 Å². The lowest BCUT2D eigenvalue weighted by Crippen LogP contribution is -2.10. The molecule has 0 saturated carbocycles. The Kier molecular flexibility index (Phi) is 6.42. The number of hydrogen-bond donors (Lipinski definition) is 0. The Morgan fingerprint density at radius 1 is 1.13 bits per heavy atom. The van der Waals surface area contributed by atoms with E-state index in [0.29, 0.717) is 23.2 Å². The van der Waals surface area contributed by atoms with E-state index in [1.807, 2.05) is 0 Å². The predicted octanol–water partition coefficient (Wildman–Crippen LogP) is 4.65. The minimum atomic E-state index is -4.60. The molecule has 158 valence electrons. The zero-order chi connectivity index (χ0) is 22.1. The number of ketones is 1. The summed E-state index contributed by atoms with van der Waals surface area (Å²) in [5, 5.41) is 11.9. The van der Waals surface area contributed by atoms with E-state index < -0.39 is 11.9 Å². The van der Waals surface area contributed by atoms with E-state index in [1.54, 1.807) is 25.1 Å². The van der Waals surface area contributed by atoms with Crippen molar-refractivity contribution in [3.8, 4) is 11.3 Å². The summed E-state index contributed by atoms with van der Waals surface area (Å²) in [6.45, 7) is 1.64. The second kappa shape index (κ2) is 8.69.